The van der Waals surface area contributed by atoms with Gasteiger partial charge in [-0.25, -0.2) is 0 Å². The van der Waals surface area contributed by atoms with Gasteiger partial charge in [-0.15, -0.1) is 0 Å². The maximum atomic E-state index is 11.7. The molecule has 3 heteroatoms. The van der Waals surface area contributed by atoms with E-state index in [0.29, 0.717) is 12.5 Å². The molecule has 0 aromatic heterocycles. The van der Waals surface area contributed by atoms with Gasteiger partial charge in [-0.1, -0.05) is 6.92 Å². The summed E-state index contributed by atoms with van der Waals surface area (Å²) in [5.41, 5.74) is -0.384. The number of carbonyl (C=O) groups excluding carboxylic acids is 1. The minimum atomic E-state index is -0.384. The summed E-state index contributed by atoms with van der Waals surface area (Å²) in [6.07, 6.45) is 0.973. The Morgan fingerprint density at radius 2 is 2.14 bits per heavy atom. The lowest BCUT2D eigenvalue weighted by Gasteiger charge is -2.24. The number of hydrogen-bond donors (Lipinski definition) is 0. The van der Waals surface area contributed by atoms with Crippen LogP contribution in [0, 0.1) is 11.8 Å². The monoisotopic (exact) mass is 200 g/mol. The molecule has 14 heavy (non-hydrogen) atoms. The van der Waals surface area contributed by atoms with Gasteiger partial charge in [-0.2, -0.15) is 0 Å². The van der Waals surface area contributed by atoms with Crippen LogP contribution in [0.2, 0.25) is 0 Å². The number of ether oxygens (including phenoxy) is 2. The van der Waals surface area contributed by atoms with E-state index in [0.717, 1.165) is 13.0 Å². The highest BCUT2D eigenvalue weighted by molar-refractivity contribution is 5.72. The van der Waals surface area contributed by atoms with E-state index in [1.807, 2.05) is 27.7 Å². The molecular weight excluding hydrogens is 180 g/mol. The van der Waals surface area contributed by atoms with E-state index in [4.69, 9.17) is 9.47 Å². The van der Waals surface area contributed by atoms with Crippen LogP contribution < -0.4 is 0 Å². The van der Waals surface area contributed by atoms with Crippen molar-refractivity contribution < 1.29 is 14.3 Å². The molecule has 0 aromatic rings. The molecule has 0 amide bonds. The van der Waals surface area contributed by atoms with Crippen molar-refractivity contribution in [1.29, 1.82) is 0 Å². The zero-order valence-electron chi connectivity index (χ0n) is 9.50. The highest BCUT2D eigenvalue weighted by atomic mass is 16.6. The highest BCUT2D eigenvalue weighted by Gasteiger charge is 2.30. The first kappa shape index (κ1) is 11.5. The van der Waals surface area contributed by atoms with Crippen LogP contribution in [0.3, 0.4) is 0 Å². The van der Waals surface area contributed by atoms with Crippen LogP contribution in [0.5, 0.6) is 0 Å². The number of esters is 1. The third-order valence-corrected chi connectivity index (χ3v) is 2.45. The summed E-state index contributed by atoms with van der Waals surface area (Å²) in [5.74, 6) is 0.189. The van der Waals surface area contributed by atoms with E-state index >= 15 is 0 Å². The van der Waals surface area contributed by atoms with E-state index < -0.39 is 0 Å². The van der Waals surface area contributed by atoms with Gasteiger partial charge in [0.15, 0.2) is 0 Å². The lowest BCUT2D eigenvalue weighted by Crippen LogP contribution is -2.31. The standard InChI is InChI=1S/C11H20O3/c1-8(9-5-6-13-7-9)10(12)14-11(2,3)4/h8-9H,5-7H2,1-4H3. The van der Waals surface area contributed by atoms with Crippen molar-refractivity contribution in [3.63, 3.8) is 0 Å². The molecule has 2 unspecified atom stereocenters. The molecule has 1 aliphatic heterocycles. The molecule has 0 saturated carbocycles. The van der Waals surface area contributed by atoms with Crippen molar-refractivity contribution in [3.8, 4) is 0 Å². The maximum absolute atomic E-state index is 11.7. The molecule has 1 fully saturated rings. The van der Waals surface area contributed by atoms with Gasteiger partial charge >= 0.3 is 5.97 Å². The quantitative estimate of drug-likeness (QED) is 0.639. The number of carbonyl (C=O) groups is 1. The van der Waals surface area contributed by atoms with Gasteiger partial charge in [0, 0.05) is 6.61 Å². The van der Waals surface area contributed by atoms with Gasteiger partial charge in [-0.3, -0.25) is 4.79 Å². The first-order valence-corrected chi connectivity index (χ1v) is 5.21. The average molecular weight is 200 g/mol. The Balaban J connectivity index is 2.43. The molecule has 0 N–H and O–H groups in total. The second kappa shape index (κ2) is 4.30. The highest BCUT2D eigenvalue weighted by Crippen LogP contribution is 2.24. The summed E-state index contributed by atoms with van der Waals surface area (Å²) >= 11 is 0. The van der Waals surface area contributed by atoms with Gasteiger partial charge in [0.1, 0.15) is 5.60 Å². The van der Waals surface area contributed by atoms with Crippen LogP contribution in [-0.2, 0) is 14.3 Å². The number of hydrogen-bond acceptors (Lipinski definition) is 3. The molecule has 1 heterocycles. The van der Waals surface area contributed by atoms with Crippen molar-refractivity contribution in [2.24, 2.45) is 11.8 Å². The average Bonchev–Trinajstić information content (AvgIpc) is 2.51. The van der Waals surface area contributed by atoms with Crippen molar-refractivity contribution in [2.45, 2.75) is 39.7 Å². The summed E-state index contributed by atoms with van der Waals surface area (Å²) in [6.45, 7) is 9.07. The van der Waals surface area contributed by atoms with Crippen molar-refractivity contribution in [3.05, 3.63) is 0 Å². The summed E-state index contributed by atoms with van der Waals surface area (Å²) < 4.78 is 10.6. The first-order valence-electron chi connectivity index (χ1n) is 5.21. The summed E-state index contributed by atoms with van der Waals surface area (Å²) in [5, 5.41) is 0. The predicted molar refractivity (Wildman–Crippen MR) is 53.9 cm³/mol. The van der Waals surface area contributed by atoms with Gasteiger partial charge < -0.3 is 9.47 Å². The van der Waals surface area contributed by atoms with Crippen LogP contribution >= 0.6 is 0 Å². The van der Waals surface area contributed by atoms with Crippen LogP contribution in [0.25, 0.3) is 0 Å². The minimum Gasteiger partial charge on any atom is -0.460 e. The molecular formula is C11H20O3. The van der Waals surface area contributed by atoms with Gasteiger partial charge in [0.2, 0.25) is 0 Å². The summed E-state index contributed by atoms with van der Waals surface area (Å²) in [7, 11) is 0. The van der Waals surface area contributed by atoms with E-state index in [-0.39, 0.29) is 17.5 Å². The molecule has 3 nitrogen and oxygen atoms in total. The molecule has 1 aliphatic rings. The third-order valence-electron chi connectivity index (χ3n) is 2.45. The molecule has 82 valence electrons. The number of rotatable bonds is 2. The fraction of sp³-hybridized carbons (Fsp3) is 0.909. The Labute approximate surface area is 85.8 Å². The first-order chi connectivity index (χ1) is 6.40. The fourth-order valence-electron chi connectivity index (χ4n) is 1.53. The van der Waals surface area contributed by atoms with Crippen molar-refractivity contribution in [1.82, 2.24) is 0 Å². The van der Waals surface area contributed by atoms with Crippen molar-refractivity contribution in [2.75, 3.05) is 13.2 Å². The second-order valence-corrected chi connectivity index (χ2v) is 4.95. The molecule has 0 radical (unpaired) electrons. The van der Waals surface area contributed by atoms with Gasteiger partial charge in [-0.05, 0) is 33.1 Å². The minimum absolute atomic E-state index is 0.0447. The second-order valence-electron chi connectivity index (χ2n) is 4.95. The Bertz CT molecular complexity index is 199. The van der Waals surface area contributed by atoms with E-state index in [1.165, 1.54) is 0 Å². The van der Waals surface area contributed by atoms with E-state index in [2.05, 4.69) is 0 Å². The lowest BCUT2D eigenvalue weighted by atomic mass is 9.93. The molecule has 0 aromatic carbocycles. The topological polar surface area (TPSA) is 35.5 Å². The Hall–Kier alpha value is -0.570. The maximum Gasteiger partial charge on any atom is 0.309 e. The molecule has 1 saturated heterocycles. The van der Waals surface area contributed by atoms with E-state index in [1.54, 1.807) is 0 Å². The fourth-order valence-corrected chi connectivity index (χ4v) is 1.53. The van der Waals surface area contributed by atoms with Crippen LogP contribution in [0.15, 0.2) is 0 Å². The molecule has 2 atom stereocenters. The smallest absolute Gasteiger partial charge is 0.309 e. The Morgan fingerprint density at radius 1 is 1.50 bits per heavy atom. The SMILES string of the molecule is CC(C(=O)OC(C)(C)C)C1CCOC1. The normalized spacial score (nSPS) is 24.7. The third kappa shape index (κ3) is 3.29. The van der Waals surface area contributed by atoms with Gasteiger partial charge in [0.05, 0.1) is 12.5 Å². The summed E-state index contributed by atoms with van der Waals surface area (Å²) in [4.78, 5) is 11.7. The Morgan fingerprint density at radius 3 is 2.57 bits per heavy atom. The van der Waals surface area contributed by atoms with Crippen LogP contribution in [0.4, 0.5) is 0 Å². The molecule has 0 bridgehead atoms. The van der Waals surface area contributed by atoms with E-state index in [9.17, 15) is 4.79 Å². The largest absolute Gasteiger partial charge is 0.460 e. The van der Waals surface area contributed by atoms with Crippen LogP contribution in [-0.4, -0.2) is 24.8 Å². The molecule has 1 rings (SSSR count). The molecule has 0 aliphatic carbocycles. The zero-order valence-corrected chi connectivity index (χ0v) is 9.50. The van der Waals surface area contributed by atoms with Crippen molar-refractivity contribution >= 4 is 5.97 Å². The zero-order chi connectivity index (χ0) is 10.8. The summed E-state index contributed by atoms with van der Waals surface area (Å²) in [6, 6.07) is 0. The lowest BCUT2D eigenvalue weighted by molar-refractivity contribution is -0.161. The van der Waals surface area contributed by atoms with Crippen LogP contribution in [0.1, 0.15) is 34.1 Å². The Kier molecular flexibility index (Phi) is 3.53. The molecule has 0 spiro atoms. The van der Waals surface area contributed by atoms with Gasteiger partial charge in [0.25, 0.3) is 0 Å². The predicted octanol–water partition coefficient (Wildman–Crippen LogP) is 2.00.